The zero-order valence-corrected chi connectivity index (χ0v) is 26.5. The smallest absolute Gasteiger partial charge is 0.316 e. The van der Waals surface area contributed by atoms with Gasteiger partial charge in [0.2, 0.25) is 0 Å². The van der Waals surface area contributed by atoms with E-state index in [2.05, 4.69) is 6.92 Å². The number of carbonyl (C=O) groups excluding carboxylic acids is 3. The topological polar surface area (TPSA) is 114 Å². The van der Waals surface area contributed by atoms with Gasteiger partial charge < -0.3 is 24.7 Å². The summed E-state index contributed by atoms with van der Waals surface area (Å²) in [6.45, 7) is 17.6. The molecule has 4 atom stereocenters. The predicted octanol–water partition coefficient (Wildman–Crippen LogP) is 6.51. The fraction of sp³-hybridized carbons (Fsp3) is 0.903. The van der Waals surface area contributed by atoms with E-state index < -0.39 is 28.6 Å². The maximum atomic E-state index is 13.5. The summed E-state index contributed by atoms with van der Waals surface area (Å²) in [5.41, 5.74) is 3.72. The Bertz CT molecular complexity index is 726. The first kappa shape index (κ1) is 37.5. The summed E-state index contributed by atoms with van der Waals surface area (Å²) < 4.78 is 23.5. The Hall–Kier alpha value is -1.51. The highest BCUT2D eigenvalue weighted by atomic mass is 16.6. The molecular formula is C31H59NO7. The quantitative estimate of drug-likeness (QED) is 0.0859. The third kappa shape index (κ3) is 12.7. The van der Waals surface area contributed by atoms with Gasteiger partial charge >= 0.3 is 11.9 Å². The molecule has 0 aliphatic carbocycles. The second-order valence-electron chi connectivity index (χ2n) is 11.6. The molecule has 2 N–H and O–H groups in total. The van der Waals surface area contributed by atoms with E-state index in [0.29, 0.717) is 38.7 Å². The zero-order chi connectivity index (χ0) is 30.1. The highest BCUT2D eigenvalue weighted by Gasteiger charge is 2.51. The van der Waals surface area contributed by atoms with Crippen molar-refractivity contribution in [3.63, 3.8) is 0 Å². The zero-order valence-electron chi connectivity index (χ0n) is 26.5. The minimum Gasteiger partial charge on any atom is -0.461 e. The van der Waals surface area contributed by atoms with E-state index >= 15 is 0 Å². The van der Waals surface area contributed by atoms with Crippen LogP contribution in [-0.2, 0) is 33.3 Å². The molecule has 4 unspecified atom stereocenters. The summed E-state index contributed by atoms with van der Waals surface area (Å²) in [5, 5.41) is 0. The number of ketones is 1. The van der Waals surface area contributed by atoms with Crippen molar-refractivity contribution in [1.82, 2.24) is 0 Å². The monoisotopic (exact) mass is 557 g/mol. The van der Waals surface area contributed by atoms with Crippen LogP contribution in [0.4, 0.5) is 0 Å². The van der Waals surface area contributed by atoms with Crippen LogP contribution in [0.3, 0.4) is 0 Å². The molecule has 0 rings (SSSR count). The van der Waals surface area contributed by atoms with E-state index in [9.17, 15) is 14.4 Å². The van der Waals surface area contributed by atoms with Gasteiger partial charge in [-0.15, -0.1) is 0 Å². The van der Waals surface area contributed by atoms with E-state index in [1.54, 1.807) is 6.92 Å². The number of Topliss-reactive ketones (excluding diaryl/α,β-unsaturated/α-hetero) is 1. The van der Waals surface area contributed by atoms with Gasteiger partial charge in [-0.2, -0.15) is 0 Å². The van der Waals surface area contributed by atoms with Crippen molar-refractivity contribution >= 4 is 17.7 Å². The van der Waals surface area contributed by atoms with Crippen LogP contribution in [0.1, 0.15) is 133 Å². The third-order valence-electron chi connectivity index (χ3n) is 7.99. The molecule has 0 aromatic carbocycles. The number of hydrogen-bond acceptors (Lipinski definition) is 8. The molecule has 0 aromatic heterocycles. The Kier molecular flexibility index (Phi) is 18.0. The number of carbonyl (C=O) groups is 3. The molecule has 8 heteroatoms. The summed E-state index contributed by atoms with van der Waals surface area (Å²) in [4.78, 5) is 37.9. The minimum absolute atomic E-state index is 0.0128. The number of unbranched alkanes of at least 4 members (excludes halogenated alkanes) is 3. The van der Waals surface area contributed by atoms with E-state index in [4.69, 9.17) is 24.7 Å². The van der Waals surface area contributed by atoms with Crippen molar-refractivity contribution in [2.75, 3.05) is 19.8 Å². The molecule has 0 aliphatic rings. The highest BCUT2D eigenvalue weighted by Crippen LogP contribution is 2.38. The normalized spacial score (nSPS) is 16.6. The molecule has 0 aliphatic heterocycles. The Morgan fingerprint density at radius 1 is 0.846 bits per heavy atom. The number of rotatable bonds is 23. The first-order chi connectivity index (χ1) is 18.3. The van der Waals surface area contributed by atoms with Crippen molar-refractivity contribution in [1.29, 1.82) is 0 Å². The average molecular weight is 558 g/mol. The van der Waals surface area contributed by atoms with Crippen LogP contribution in [-0.4, -0.2) is 55.5 Å². The van der Waals surface area contributed by atoms with E-state index in [1.807, 2.05) is 48.5 Å². The molecule has 39 heavy (non-hydrogen) atoms. The molecular weight excluding hydrogens is 498 g/mol. The largest absolute Gasteiger partial charge is 0.461 e. The van der Waals surface area contributed by atoms with Crippen molar-refractivity contribution < 1.29 is 33.3 Å². The second kappa shape index (κ2) is 18.8. The number of hydrogen-bond donors (Lipinski definition) is 1. The SMILES string of the molecule is CCCCC(C)(C)C(=O)OC(COC(=O)C(C)(CC)C(N)(CC)OCCCCCC(=O)CC)COC(C)CC. The van der Waals surface area contributed by atoms with Gasteiger partial charge in [-0.25, -0.2) is 0 Å². The lowest BCUT2D eigenvalue weighted by Gasteiger charge is -2.43. The van der Waals surface area contributed by atoms with Crippen LogP contribution in [0.2, 0.25) is 0 Å². The van der Waals surface area contributed by atoms with E-state index in [1.165, 1.54) is 0 Å². The fourth-order valence-corrected chi connectivity index (χ4v) is 4.17. The Morgan fingerprint density at radius 2 is 1.51 bits per heavy atom. The Morgan fingerprint density at radius 3 is 2.05 bits per heavy atom. The molecule has 230 valence electrons. The predicted molar refractivity (Wildman–Crippen MR) is 155 cm³/mol. The van der Waals surface area contributed by atoms with Crippen LogP contribution < -0.4 is 5.73 Å². The lowest BCUT2D eigenvalue weighted by Crippen LogP contribution is -2.60. The van der Waals surface area contributed by atoms with Gasteiger partial charge in [0.25, 0.3) is 0 Å². The minimum atomic E-state index is -1.22. The van der Waals surface area contributed by atoms with Crippen LogP contribution in [0.25, 0.3) is 0 Å². The molecule has 0 fully saturated rings. The molecule has 0 bridgehead atoms. The summed E-state index contributed by atoms with van der Waals surface area (Å²) in [6.07, 6.45) is 7.12. The third-order valence-corrected chi connectivity index (χ3v) is 7.99. The van der Waals surface area contributed by atoms with Gasteiger partial charge in [-0.05, 0) is 66.2 Å². The number of esters is 2. The summed E-state index contributed by atoms with van der Waals surface area (Å²) in [5.74, 6) is -0.548. The van der Waals surface area contributed by atoms with Crippen molar-refractivity contribution in [3.05, 3.63) is 0 Å². The Balaban J connectivity index is 5.34. The highest BCUT2D eigenvalue weighted by molar-refractivity contribution is 5.78. The molecule has 0 saturated heterocycles. The van der Waals surface area contributed by atoms with Crippen LogP contribution in [0.15, 0.2) is 0 Å². The lowest BCUT2D eigenvalue weighted by atomic mass is 9.75. The van der Waals surface area contributed by atoms with Gasteiger partial charge in [0.1, 0.15) is 23.5 Å². The molecule has 0 radical (unpaired) electrons. The summed E-state index contributed by atoms with van der Waals surface area (Å²) in [7, 11) is 0. The van der Waals surface area contributed by atoms with Crippen LogP contribution in [0, 0.1) is 10.8 Å². The molecule has 0 amide bonds. The van der Waals surface area contributed by atoms with Crippen molar-refractivity contribution in [2.24, 2.45) is 16.6 Å². The second-order valence-corrected chi connectivity index (χ2v) is 11.6. The number of nitrogens with two attached hydrogens (primary N) is 1. The van der Waals surface area contributed by atoms with Gasteiger partial charge in [0.05, 0.1) is 18.1 Å². The Labute approximate surface area is 238 Å². The van der Waals surface area contributed by atoms with Gasteiger partial charge in [0.15, 0.2) is 6.10 Å². The molecule has 0 heterocycles. The summed E-state index contributed by atoms with van der Waals surface area (Å²) >= 11 is 0. The maximum absolute atomic E-state index is 13.5. The van der Waals surface area contributed by atoms with E-state index in [0.717, 1.165) is 38.5 Å². The van der Waals surface area contributed by atoms with Crippen molar-refractivity contribution in [2.45, 2.75) is 151 Å². The number of ether oxygens (including phenoxy) is 4. The first-order valence-electron chi connectivity index (χ1n) is 15.2. The molecule has 0 saturated carbocycles. The van der Waals surface area contributed by atoms with Crippen LogP contribution in [0.5, 0.6) is 0 Å². The standard InChI is InChI=1S/C31H59NO7/c1-10-15-20-29(7,8)27(34)39-26(22-36-24(6)11-2)23-37-28(35)30(9,13-4)31(32,14-5)38-21-18-16-17-19-25(33)12-3/h24,26H,10-23,32H2,1-9H3. The fourth-order valence-electron chi connectivity index (χ4n) is 4.17. The first-order valence-corrected chi connectivity index (χ1v) is 15.2. The average Bonchev–Trinajstić information content (AvgIpc) is 2.93. The maximum Gasteiger partial charge on any atom is 0.316 e. The van der Waals surface area contributed by atoms with Crippen LogP contribution >= 0.6 is 0 Å². The molecule has 0 spiro atoms. The van der Waals surface area contributed by atoms with Gasteiger partial charge in [-0.1, -0.05) is 53.9 Å². The van der Waals surface area contributed by atoms with Crippen molar-refractivity contribution in [3.8, 4) is 0 Å². The molecule has 8 nitrogen and oxygen atoms in total. The molecule has 0 aromatic rings. The summed E-state index contributed by atoms with van der Waals surface area (Å²) in [6, 6.07) is 0. The van der Waals surface area contributed by atoms with Gasteiger partial charge in [-0.3, -0.25) is 14.4 Å². The lowest BCUT2D eigenvalue weighted by molar-refractivity contribution is -0.192. The van der Waals surface area contributed by atoms with E-state index in [-0.39, 0.29) is 31.1 Å². The van der Waals surface area contributed by atoms with Gasteiger partial charge in [0, 0.05) is 19.4 Å².